The fraction of sp³-hybridized carbons (Fsp3) is 0.176. The number of anilines is 1. The lowest BCUT2D eigenvalue weighted by Crippen LogP contribution is -2.29. The molecule has 0 aliphatic heterocycles. The summed E-state index contributed by atoms with van der Waals surface area (Å²) in [7, 11) is 1.70. The third-order valence-electron chi connectivity index (χ3n) is 3.86. The number of esters is 2. The van der Waals surface area contributed by atoms with E-state index in [1.807, 2.05) is 30.3 Å². The molecule has 1 N–H and O–H groups in total. The molecule has 7 nitrogen and oxygen atoms in total. The topological polar surface area (TPSA) is 88.2 Å². The van der Waals surface area contributed by atoms with Gasteiger partial charge in [-0.3, -0.25) is 5.10 Å². The zero-order valence-electron chi connectivity index (χ0n) is 14.2. The molecule has 3 aromatic rings. The van der Waals surface area contributed by atoms with E-state index in [0.29, 0.717) is 5.02 Å². The quantitative estimate of drug-likeness (QED) is 0.521. The largest absolute Gasteiger partial charge is 0.491 e. The van der Waals surface area contributed by atoms with E-state index in [9.17, 15) is 22.8 Å². The Morgan fingerprint density at radius 3 is 2.57 bits per heavy atom. The number of hydrogen-bond donors (Lipinski definition) is 1. The summed E-state index contributed by atoms with van der Waals surface area (Å²) < 4.78 is 40.6. The number of aromatic amines is 1. The van der Waals surface area contributed by atoms with Crippen LogP contribution in [0.15, 0.2) is 36.4 Å². The van der Waals surface area contributed by atoms with Crippen LogP contribution in [0, 0.1) is 0 Å². The molecule has 0 aliphatic carbocycles. The number of benzene rings is 2. The second-order valence-electron chi connectivity index (χ2n) is 5.84. The fourth-order valence-electron chi connectivity index (χ4n) is 2.47. The Hall–Kier alpha value is -3.14. The maximum Gasteiger partial charge on any atom is 0.491 e. The van der Waals surface area contributed by atoms with Gasteiger partial charge < -0.3 is 9.64 Å². The van der Waals surface area contributed by atoms with Crippen LogP contribution in [0.1, 0.15) is 16.2 Å². The molecule has 0 radical (unpaired) electrons. The second-order valence-corrected chi connectivity index (χ2v) is 6.28. The van der Waals surface area contributed by atoms with Gasteiger partial charge >= 0.3 is 18.1 Å². The van der Waals surface area contributed by atoms with Gasteiger partial charge in [-0.25, -0.2) is 9.59 Å². The molecular formula is C17H12ClF3N4O3. The maximum absolute atomic E-state index is 12.3. The van der Waals surface area contributed by atoms with E-state index in [4.69, 9.17) is 11.6 Å². The van der Waals surface area contributed by atoms with Crippen molar-refractivity contribution < 1.29 is 27.5 Å². The maximum atomic E-state index is 12.3. The third-order valence-corrected chi connectivity index (χ3v) is 4.09. The van der Waals surface area contributed by atoms with Crippen molar-refractivity contribution >= 4 is 40.0 Å². The van der Waals surface area contributed by atoms with Crippen LogP contribution in [0.4, 0.5) is 18.9 Å². The zero-order valence-corrected chi connectivity index (χ0v) is 15.0. The van der Waals surface area contributed by atoms with Crippen molar-refractivity contribution in [1.29, 1.82) is 0 Å². The van der Waals surface area contributed by atoms with Crippen LogP contribution in [0.3, 0.4) is 0 Å². The van der Waals surface area contributed by atoms with Crippen LogP contribution in [-0.2, 0) is 16.1 Å². The van der Waals surface area contributed by atoms with Crippen molar-refractivity contribution in [2.45, 2.75) is 12.7 Å². The predicted octanol–water partition coefficient (Wildman–Crippen LogP) is 3.49. The molecule has 2 aromatic carbocycles. The molecule has 3 rings (SSSR count). The van der Waals surface area contributed by atoms with Gasteiger partial charge in [0.25, 0.3) is 0 Å². The van der Waals surface area contributed by atoms with Crippen molar-refractivity contribution in [3.05, 3.63) is 52.8 Å². The predicted molar refractivity (Wildman–Crippen MR) is 93.9 cm³/mol. The number of ether oxygens (including phenoxy) is 1. The number of aromatic nitrogens is 3. The van der Waals surface area contributed by atoms with E-state index >= 15 is 0 Å². The number of rotatable bonds is 4. The minimum atomic E-state index is -5.28. The summed E-state index contributed by atoms with van der Waals surface area (Å²) in [6, 6.07) is 10.9. The van der Waals surface area contributed by atoms with Crippen LogP contribution in [0.5, 0.6) is 0 Å². The molecule has 0 amide bonds. The molecule has 0 atom stereocenters. The highest BCUT2D eigenvalue weighted by Crippen LogP contribution is 2.25. The molecular weight excluding hydrogens is 401 g/mol. The average Bonchev–Trinajstić information content (AvgIpc) is 3.08. The molecule has 0 aliphatic rings. The Bertz CT molecular complexity index is 1050. The summed E-state index contributed by atoms with van der Waals surface area (Å²) in [5, 5.41) is 11.7. The highest BCUT2D eigenvalue weighted by atomic mass is 35.5. The smallest absolute Gasteiger partial charge is 0.381 e. The number of nitrogens with one attached hydrogen (secondary N) is 1. The summed E-state index contributed by atoms with van der Waals surface area (Å²) in [4.78, 5) is 24.4. The van der Waals surface area contributed by atoms with Crippen molar-refractivity contribution in [2.75, 3.05) is 11.9 Å². The lowest BCUT2D eigenvalue weighted by atomic mass is 10.1. The van der Waals surface area contributed by atoms with Crippen LogP contribution in [-0.4, -0.2) is 40.6 Å². The van der Waals surface area contributed by atoms with Crippen molar-refractivity contribution in [3.8, 4) is 0 Å². The minimum Gasteiger partial charge on any atom is -0.381 e. The monoisotopic (exact) mass is 412 g/mol. The SMILES string of the molecule is CN(Cc1nn[nH]c1C(=O)OC(=O)C(F)(F)F)c1ccc2cc(Cl)ccc2c1. The van der Waals surface area contributed by atoms with Crippen LogP contribution in [0.25, 0.3) is 10.8 Å². The van der Waals surface area contributed by atoms with Gasteiger partial charge in [-0.15, -0.1) is 5.10 Å². The van der Waals surface area contributed by atoms with Gasteiger partial charge in [0, 0.05) is 17.8 Å². The Morgan fingerprint density at radius 2 is 1.86 bits per heavy atom. The molecule has 0 unspecified atom stereocenters. The highest BCUT2D eigenvalue weighted by Gasteiger charge is 2.43. The van der Waals surface area contributed by atoms with Gasteiger partial charge in [-0.2, -0.15) is 13.2 Å². The van der Waals surface area contributed by atoms with Gasteiger partial charge in [-0.05, 0) is 35.0 Å². The Kier molecular flexibility index (Phi) is 5.23. The van der Waals surface area contributed by atoms with Crippen molar-refractivity contribution in [1.82, 2.24) is 15.4 Å². The van der Waals surface area contributed by atoms with Crippen LogP contribution in [0.2, 0.25) is 5.02 Å². The van der Waals surface area contributed by atoms with E-state index in [0.717, 1.165) is 16.5 Å². The Labute approximate surface area is 161 Å². The number of nitrogens with zero attached hydrogens (tertiary/aromatic N) is 3. The van der Waals surface area contributed by atoms with E-state index in [2.05, 4.69) is 20.1 Å². The van der Waals surface area contributed by atoms with Crippen molar-refractivity contribution in [2.24, 2.45) is 0 Å². The average molecular weight is 413 g/mol. The van der Waals surface area contributed by atoms with Gasteiger partial charge in [-0.1, -0.05) is 28.9 Å². The van der Waals surface area contributed by atoms with Gasteiger partial charge in [0.05, 0.1) is 6.54 Å². The summed E-state index contributed by atoms with van der Waals surface area (Å²) in [6.45, 7) is 0.0280. The summed E-state index contributed by atoms with van der Waals surface area (Å²) in [5.74, 6) is -4.12. The first-order valence-corrected chi connectivity index (χ1v) is 8.16. The molecule has 0 saturated carbocycles. The summed E-state index contributed by atoms with van der Waals surface area (Å²) in [6.07, 6.45) is -5.28. The van der Waals surface area contributed by atoms with Crippen LogP contribution >= 0.6 is 11.6 Å². The lowest BCUT2D eigenvalue weighted by Gasteiger charge is -2.19. The van der Waals surface area contributed by atoms with Gasteiger partial charge in [0.1, 0.15) is 5.69 Å². The molecule has 11 heteroatoms. The molecule has 0 saturated heterocycles. The Morgan fingerprint density at radius 1 is 1.18 bits per heavy atom. The van der Waals surface area contributed by atoms with E-state index in [1.54, 1.807) is 18.0 Å². The lowest BCUT2D eigenvalue weighted by molar-refractivity contribution is -0.193. The van der Waals surface area contributed by atoms with E-state index < -0.39 is 23.8 Å². The van der Waals surface area contributed by atoms with Crippen molar-refractivity contribution in [3.63, 3.8) is 0 Å². The van der Waals surface area contributed by atoms with Crippen LogP contribution < -0.4 is 4.90 Å². The fourth-order valence-corrected chi connectivity index (χ4v) is 2.66. The standard InChI is InChI=1S/C17H12ClF3N4O3/c1-25(12-5-3-9-6-11(18)4-2-10(9)7-12)8-13-14(23-24-22-13)15(26)28-16(27)17(19,20)21/h2-7H,8H2,1H3,(H,22,23,24). The number of halogens is 4. The normalized spacial score (nSPS) is 11.5. The number of carbonyl (C=O) groups is 2. The molecule has 1 aromatic heterocycles. The first-order valence-electron chi connectivity index (χ1n) is 7.79. The molecule has 0 bridgehead atoms. The molecule has 0 spiro atoms. The number of alkyl halides is 3. The number of hydrogen-bond acceptors (Lipinski definition) is 6. The van der Waals surface area contributed by atoms with E-state index in [1.165, 1.54) is 0 Å². The highest BCUT2D eigenvalue weighted by molar-refractivity contribution is 6.31. The first kappa shape index (κ1) is 19.6. The van der Waals surface area contributed by atoms with E-state index in [-0.39, 0.29) is 12.2 Å². The first-order chi connectivity index (χ1) is 13.1. The van der Waals surface area contributed by atoms with Gasteiger partial charge in [0.2, 0.25) is 0 Å². The number of fused-ring (bicyclic) bond motifs is 1. The zero-order chi connectivity index (χ0) is 20.5. The third kappa shape index (κ3) is 4.22. The molecule has 28 heavy (non-hydrogen) atoms. The second kappa shape index (κ2) is 7.47. The minimum absolute atomic E-state index is 0.0266. The molecule has 0 fully saturated rings. The Balaban J connectivity index is 1.77. The summed E-state index contributed by atoms with van der Waals surface area (Å²) >= 11 is 5.96. The molecule has 1 heterocycles. The van der Waals surface area contributed by atoms with Gasteiger partial charge in [0.15, 0.2) is 5.69 Å². The number of carbonyl (C=O) groups excluding carboxylic acids is 2. The number of H-pyrrole nitrogens is 1. The summed E-state index contributed by atoms with van der Waals surface area (Å²) in [5.41, 5.74) is 0.346. The molecule has 146 valence electrons.